The third-order valence-electron chi connectivity index (χ3n) is 6.71. The zero-order valence-corrected chi connectivity index (χ0v) is 19.6. The van der Waals surface area contributed by atoms with Gasteiger partial charge in [0.05, 0.1) is 13.2 Å². The van der Waals surface area contributed by atoms with Crippen molar-refractivity contribution >= 4 is 17.8 Å². The molecule has 33 heavy (non-hydrogen) atoms. The van der Waals surface area contributed by atoms with Gasteiger partial charge in [-0.15, -0.1) is 0 Å². The van der Waals surface area contributed by atoms with Crippen LogP contribution in [0.1, 0.15) is 55.5 Å². The Kier molecular flexibility index (Phi) is 6.15. The van der Waals surface area contributed by atoms with Crippen LogP contribution in [-0.2, 0) is 28.0 Å². The summed E-state index contributed by atoms with van der Waals surface area (Å²) in [6, 6.07) is 12.7. The second-order valence-corrected chi connectivity index (χ2v) is 9.35. The van der Waals surface area contributed by atoms with Crippen molar-refractivity contribution < 1.29 is 19.1 Å². The van der Waals surface area contributed by atoms with Crippen molar-refractivity contribution in [2.24, 2.45) is 5.92 Å². The highest BCUT2D eigenvalue weighted by Crippen LogP contribution is 2.32. The molecule has 4 amide bonds. The summed E-state index contributed by atoms with van der Waals surface area (Å²) in [7, 11) is 1.60. The van der Waals surface area contributed by atoms with Crippen LogP contribution in [-0.4, -0.2) is 36.4 Å². The Morgan fingerprint density at radius 2 is 1.82 bits per heavy atom. The summed E-state index contributed by atoms with van der Waals surface area (Å²) in [5, 5.41) is 5.79. The molecule has 0 saturated carbocycles. The summed E-state index contributed by atoms with van der Waals surface area (Å²) in [6.07, 6.45) is 3.13. The number of fused-ring (bicyclic) bond motifs is 1. The van der Waals surface area contributed by atoms with Gasteiger partial charge in [-0.1, -0.05) is 44.2 Å². The Morgan fingerprint density at radius 1 is 1.12 bits per heavy atom. The van der Waals surface area contributed by atoms with E-state index in [0.29, 0.717) is 0 Å². The van der Waals surface area contributed by atoms with Crippen LogP contribution in [0.2, 0.25) is 0 Å². The van der Waals surface area contributed by atoms with Crippen molar-refractivity contribution in [2.75, 3.05) is 13.7 Å². The number of methoxy groups -OCH3 is 1. The number of nitrogens with one attached hydrogen (secondary N) is 2. The smallest absolute Gasteiger partial charge is 0.325 e. The summed E-state index contributed by atoms with van der Waals surface area (Å²) < 4.78 is 5.21. The van der Waals surface area contributed by atoms with Gasteiger partial charge in [-0.25, -0.2) is 4.79 Å². The minimum Gasteiger partial charge on any atom is -0.497 e. The standard InChI is InChI=1S/C26H31N3O4/c1-16(2)23(18-9-12-21(33-4)13-10-18)27-22(30)15-29-24(31)26(3,28-25(29)32)20-11-8-17-6-5-7-19(17)14-20/h8-14,16,23H,5-7,15H2,1-4H3,(H,27,30)(H,28,32). The first-order chi connectivity index (χ1) is 15.7. The van der Waals surface area contributed by atoms with Gasteiger partial charge in [-0.3, -0.25) is 14.5 Å². The highest BCUT2D eigenvalue weighted by Gasteiger charge is 2.49. The number of carbonyl (C=O) groups excluding carboxylic acids is 3. The van der Waals surface area contributed by atoms with Gasteiger partial charge in [0.1, 0.15) is 17.8 Å². The molecule has 2 aliphatic rings. The number of urea groups is 1. The number of aryl methyl sites for hydroxylation is 2. The molecule has 2 aromatic rings. The first-order valence-corrected chi connectivity index (χ1v) is 11.4. The Hall–Kier alpha value is -3.35. The molecule has 0 radical (unpaired) electrons. The van der Waals surface area contributed by atoms with Gasteiger partial charge in [0.25, 0.3) is 5.91 Å². The number of hydrogen-bond acceptors (Lipinski definition) is 4. The number of amides is 4. The third-order valence-corrected chi connectivity index (χ3v) is 6.71. The van der Waals surface area contributed by atoms with Crippen LogP contribution in [0.4, 0.5) is 4.79 Å². The summed E-state index contributed by atoms with van der Waals surface area (Å²) in [4.78, 5) is 39.9. The molecule has 1 heterocycles. The van der Waals surface area contributed by atoms with Crippen LogP contribution in [0.5, 0.6) is 5.75 Å². The molecule has 2 atom stereocenters. The molecule has 1 fully saturated rings. The number of imide groups is 1. The zero-order chi connectivity index (χ0) is 23.8. The molecule has 7 heteroatoms. The van der Waals surface area contributed by atoms with Crippen LogP contribution >= 0.6 is 0 Å². The fraction of sp³-hybridized carbons (Fsp3) is 0.423. The summed E-state index contributed by atoms with van der Waals surface area (Å²) >= 11 is 0. The lowest BCUT2D eigenvalue weighted by atomic mass is 9.89. The van der Waals surface area contributed by atoms with E-state index in [1.165, 1.54) is 11.1 Å². The van der Waals surface area contributed by atoms with E-state index in [1.54, 1.807) is 14.0 Å². The first kappa shape index (κ1) is 22.8. The molecule has 0 aromatic heterocycles. The molecule has 1 aliphatic heterocycles. The van der Waals surface area contributed by atoms with E-state index in [1.807, 2.05) is 56.3 Å². The molecule has 7 nitrogen and oxygen atoms in total. The molecule has 2 unspecified atom stereocenters. The molecule has 174 valence electrons. The van der Waals surface area contributed by atoms with Crippen molar-refractivity contribution in [3.8, 4) is 5.75 Å². The van der Waals surface area contributed by atoms with E-state index in [2.05, 4.69) is 10.6 Å². The molecule has 1 saturated heterocycles. The Balaban J connectivity index is 1.48. The van der Waals surface area contributed by atoms with Gasteiger partial charge < -0.3 is 15.4 Å². The number of benzene rings is 2. The van der Waals surface area contributed by atoms with Crippen molar-refractivity contribution in [1.29, 1.82) is 0 Å². The van der Waals surface area contributed by atoms with Crippen LogP contribution in [0, 0.1) is 5.92 Å². The lowest BCUT2D eigenvalue weighted by Gasteiger charge is -2.25. The average molecular weight is 450 g/mol. The predicted octanol–water partition coefficient (Wildman–Crippen LogP) is 3.46. The van der Waals surface area contributed by atoms with Crippen LogP contribution < -0.4 is 15.4 Å². The molecule has 2 N–H and O–H groups in total. The highest BCUT2D eigenvalue weighted by molar-refractivity contribution is 6.09. The number of hydrogen-bond donors (Lipinski definition) is 2. The van der Waals surface area contributed by atoms with Gasteiger partial charge >= 0.3 is 6.03 Å². The molecular formula is C26H31N3O4. The van der Waals surface area contributed by atoms with Gasteiger partial charge in [0.2, 0.25) is 5.91 Å². The molecular weight excluding hydrogens is 418 g/mol. The molecule has 0 bridgehead atoms. The number of ether oxygens (including phenoxy) is 1. The van der Waals surface area contributed by atoms with Crippen molar-refractivity contribution in [2.45, 2.75) is 51.6 Å². The third kappa shape index (κ3) is 4.32. The first-order valence-electron chi connectivity index (χ1n) is 11.4. The number of rotatable bonds is 7. The van der Waals surface area contributed by atoms with Gasteiger partial charge in [-0.05, 0) is 66.5 Å². The van der Waals surface area contributed by atoms with E-state index in [-0.39, 0.29) is 24.4 Å². The monoisotopic (exact) mass is 449 g/mol. The van der Waals surface area contributed by atoms with Gasteiger partial charge in [0.15, 0.2) is 0 Å². The fourth-order valence-corrected chi connectivity index (χ4v) is 4.73. The maximum atomic E-state index is 13.3. The SMILES string of the molecule is COc1ccc(C(NC(=O)CN2C(=O)NC(C)(c3ccc4c(c3)CCC4)C2=O)C(C)C)cc1. The van der Waals surface area contributed by atoms with Crippen molar-refractivity contribution in [3.63, 3.8) is 0 Å². The van der Waals surface area contributed by atoms with E-state index in [4.69, 9.17) is 4.74 Å². The topological polar surface area (TPSA) is 87.7 Å². The molecule has 0 spiro atoms. The van der Waals surface area contributed by atoms with E-state index in [0.717, 1.165) is 41.0 Å². The Labute approximate surface area is 194 Å². The molecule has 2 aromatic carbocycles. The van der Waals surface area contributed by atoms with E-state index >= 15 is 0 Å². The largest absolute Gasteiger partial charge is 0.497 e. The minimum atomic E-state index is -1.18. The van der Waals surface area contributed by atoms with Gasteiger partial charge in [-0.2, -0.15) is 0 Å². The minimum absolute atomic E-state index is 0.113. The second-order valence-electron chi connectivity index (χ2n) is 9.35. The summed E-state index contributed by atoms with van der Waals surface area (Å²) in [6.45, 7) is 5.39. The lowest BCUT2D eigenvalue weighted by Crippen LogP contribution is -2.44. The molecule has 4 rings (SSSR count). The summed E-state index contributed by atoms with van der Waals surface area (Å²) in [5.74, 6) is 0.0530. The Morgan fingerprint density at radius 3 is 2.48 bits per heavy atom. The maximum Gasteiger partial charge on any atom is 0.325 e. The van der Waals surface area contributed by atoms with E-state index < -0.39 is 17.5 Å². The molecule has 1 aliphatic carbocycles. The average Bonchev–Trinajstić information content (AvgIpc) is 3.35. The lowest BCUT2D eigenvalue weighted by molar-refractivity contribution is -0.135. The quantitative estimate of drug-likeness (QED) is 0.634. The number of carbonyl (C=O) groups is 3. The predicted molar refractivity (Wildman–Crippen MR) is 125 cm³/mol. The summed E-state index contributed by atoms with van der Waals surface area (Å²) in [5.41, 5.74) is 3.03. The zero-order valence-electron chi connectivity index (χ0n) is 19.6. The fourth-order valence-electron chi connectivity index (χ4n) is 4.73. The Bertz CT molecular complexity index is 1080. The van der Waals surface area contributed by atoms with Crippen LogP contribution in [0.3, 0.4) is 0 Å². The number of nitrogens with zero attached hydrogens (tertiary/aromatic N) is 1. The normalized spacial score (nSPS) is 20.6. The maximum absolute atomic E-state index is 13.3. The van der Waals surface area contributed by atoms with Crippen LogP contribution in [0.25, 0.3) is 0 Å². The van der Waals surface area contributed by atoms with Gasteiger partial charge in [0, 0.05) is 0 Å². The van der Waals surface area contributed by atoms with Crippen molar-refractivity contribution in [3.05, 3.63) is 64.7 Å². The highest BCUT2D eigenvalue weighted by atomic mass is 16.5. The van der Waals surface area contributed by atoms with E-state index in [9.17, 15) is 14.4 Å². The second kappa shape index (κ2) is 8.89. The van der Waals surface area contributed by atoms with Crippen LogP contribution in [0.15, 0.2) is 42.5 Å². The van der Waals surface area contributed by atoms with Crippen molar-refractivity contribution in [1.82, 2.24) is 15.5 Å².